The SMILES string of the molecule is CCOC(=O)c1ccc(NC(=O)[C@@H]2CN(S(=O)(=O)Cc3ccccc3)c3ccccc3O2)cc1Cl. The van der Waals surface area contributed by atoms with Crippen molar-refractivity contribution in [1.82, 2.24) is 0 Å². The maximum absolute atomic E-state index is 13.3. The van der Waals surface area contributed by atoms with Gasteiger partial charge in [0.25, 0.3) is 5.91 Å². The number of benzene rings is 3. The fourth-order valence-corrected chi connectivity index (χ4v) is 5.50. The van der Waals surface area contributed by atoms with E-state index in [1.54, 1.807) is 55.5 Å². The van der Waals surface area contributed by atoms with E-state index >= 15 is 0 Å². The van der Waals surface area contributed by atoms with Gasteiger partial charge in [0, 0.05) is 5.69 Å². The summed E-state index contributed by atoms with van der Waals surface area (Å²) in [6, 6.07) is 19.9. The van der Waals surface area contributed by atoms with E-state index in [-0.39, 0.29) is 35.2 Å². The van der Waals surface area contributed by atoms with E-state index in [1.807, 2.05) is 6.07 Å². The molecule has 0 bridgehead atoms. The highest BCUT2D eigenvalue weighted by Gasteiger charge is 2.36. The molecule has 0 aromatic heterocycles. The number of halogens is 1. The first-order chi connectivity index (χ1) is 16.8. The Hall–Kier alpha value is -3.56. The van der Waals surface area contributed by atoms with Gasteiger partial charge in [0.05, 0.1) is 35.2 Å². The van der Waals surface area contributed by atoms with Gasteiger partial charge < -0.3 is 14.8 Å². The number of carbonyl (C=O) groups is 2. The molecule has 0 radical (unpaired) electrons. The van der Waals surface area contributed by atoms with Crippen LogP contribution in [0.25, 0.3) is 0 Å². The van der Waals surface area contributed by atoms with Crippen LogP contribution in [0.1, 0.15) is 22.8 Å². The molecular formula is C25H23ClN2O6S. The Morgan fingerprint density at radius 1 is 1.09 bits per heavy atom. The lowest BCUT2D eigenvalue weighted by atomic mass is 10.2. The van der Waals surface area contributed by atoms with Crippen LogP contribution in [0.4, 0.5) is 11.4 Å². The third-order valence-corrected chi connectivity index (χ3v) is 7.32. The minimum absolute atomic E-state index is 0.114. The molecule has 10 heteroatoms. The smallest absolute Gasteiger partial charge is 0.339 e. The van der Waals surface area contributed by atoms with Crippen molar-refractivity contribution in [3.8, 4) is 5.75 Å². The van der Waals surface area contributed by atoms with Crippen molar-refractivity contribution in [1.29, 1.82) is 0 Å². The quantitative estimate of drug-likeness (QED) is 0.473. The van der Waals surface area contributed by atoms with E-state index in [1.165, 1.54) is 22.5 Å². The molecule has 8 nitrogen and oxygen atoms in total. The summed E-state index contributed by atoms with van der Waals surface area (Å²) >= 11 is 6.19. The fourth-order valence-electron chi connectivity index (χ4n) is 3.65. The van der Waals surface area contributed by atoms with E-state index in [2.05, 4.69) is 5.32 Å². The van der Waals surface area contributed by atoms with Crippen LogP contribution in [0.15, 0.2) is 72.8 Å². The van der Waals surface area contributed by atoms with Crippen LogP contribution in [0, 0.1) is 0 Å². The number of sulfonamides is 1. The molecule has 0 saturated carbocycles. The highest BCUT2D eigenvalue weighted by Crippen LogP contribution is 2.36. The maximum atomic E-state index is 13.3. The molecule has 4 rings (SSSR count). The van der Waals surface area contributed by atoms with Gasteiger partial charge in [-0.1, -0.05) is 54.1 Å². The first kappa shape index (κ1) is 24.6. The highest BCUT2D eigenvalue weighted by molar-refractivity contribution is 7.92. The molecule has 3 aromatic carbocycles. The first-order valence-electron chi connectivity index (χ1n) is 10.9. The number of anilines is 2. The maximum Gasteiger partial charge on any atom is 0.339 e. The minimum Gasteiger partial charge on any atom is -0.476 e. The van der Waals surface area contributed by atoms with Crippen molar-refractivity contribution in [2.24, 2.45) is 0 Å². The Balaban J connectivity index is 1.55. The Bertz CT molecular complexity index is 1350. The van der Waals surface area contributed by atoms with Crippen molar-refractivity contribution in [2.75, 3.05) is 22.8 Å². The Morgan fingerprint density at radius 2 is 1.80 bits per heavy atom. The van der Waals surface area contributed by atoms with Crippen LogP contribution in [0.5, 0.6) is 5.75 Å². The molecule has 0 aliphatic carbocycles. The van der Waals surface area contributed by atoms with Crippen LogP contribution in [-0.2, 0) is 25.3 Å². The number of nitrogens with zero attached hydrogens (tertiary/aromatic N) is 1. The van der Waals surface area contributed by atoms with E-state index < -0.39 is 28.0 Å². The zero-order valence-corrected chi connectivity index (χ0v) is 20.4. The van der Waals surface area contributed by atoms with Gasteiger partial charge in [0.15, 0.2) is 6.10 Å². The molecule has 1 atom stereocenters. The van der Waals surface area contributed by atoms with Crippen LogP contribution < -0.4 is 14.4 Å². The second-order valence-electron chi connectivity index (χ2n) is 7.75. The second-order valence-corrected chi connectivity index (χ2v) is 10.1. The van der Waals surface area contributed by atoms with Crippen LogP contribution in [-0.4, -0.2) is 39.5 Å². The molecule has 182 valence electrons. The van der Waals surface area contributed by atoms with E-state index in [4.69, 9.17) is 21.1 Å². The lowest BCUT2D eigenvalue weighted by Crippen LogP contribution is -2.49. The number of para-hydroxylation sites is 2. The van der Waals surface area contributed by atoms with Gasteiger partial charge in [-0.15, -0.1) is 0 Å². The van der Waals surface area contributed by atoms with Crippen molar-refractivity contribution < 1.29 is 27.5 Å². The number of esters is 1. The Morgan fingerprint density at radius 3 is 2.51 bits per heavy atom. The summed E-state index contributed by atoms with van der Waals surface area (Å²) in [7, 11) is -3.82. The normalized spacial score (nSPS) is 15.0. The minimum atomic E-state index is -3.82. The molecular weight excluding hydrogens is 492 g/mol. The second kappa shape index (κ2) is 10.4. The van der Waals surface area contributed by atoms with E-state index in [0.29, 0.717) is 16.9 Å². The average Bonchev–Trinajstić information content (AvgIpc) is 2.84. The zero-order chi connectivity index (χ0) is 25.0. The summed E-state index contributed by atoms with van der Waals surface area (Å²) in [4.78, 5) is 25.0. The van der Waals surface area contributed by atoms with Gasteiger partial charge in [-0.05, 0) is 42.8 Å². The third kappa shape index (κ3) is 5.58. The van der Waals surface area contributed by atoms with Gasteiger partial charge in [0.1, 0.15) is 5.75 Å². The molecule has 1 heterocycles. The Kier molecular flexibility index (Phi) is 7.28. The summed E-state index contributed by atoms with van der Waals surface area (Å²) < 4.78 is 38.6. The average molecular weight is 515 g/mol. The predicted molar refractivity (Wildman–Crippen MR) is 133 cm³/mol. The molecule has 0 saturated heterocycles. The number of hydrogen-bond acceptors (Lipinski definition) is 6. The van der Waals surface area contributed by atoms with Gasteiger partial charge in [-0.2, -0.15) is 0 Å². The first-order valence-corrected chi connectivity index (χ1v) is 12.8. The number of nitrogens with one attached hydrogen (secondary N) is 1. The van der Waals surface area contributed by atoms with Crippen LogP contribution in [0.2, 0.25) is 5.02 Å². The van der Waals surface area contributed by atoms with Gasteiger partial charge in [0.2, 0.25) is 10.0 Å². The van der Waals surface area contributed by atoms with Gasteiger partial charge >= 0.3 is 5.97 Å². The molecule has 0 fully saturated rings. The lowest BCUT2D eigenvalue weighted by molar-refractivity contribution is -0.122. The highest BCUT2D eigenvalue weighted by atomic mass is 35.5. The summed E-state index contributed by atoms with van der Waals surface area (Å²) in [5.41, 5.74) is 1.50. The zero-order valence-electron chi connectivity index (χ0n) is 18.8. The largest absolute Gasteiger partial charge is 0.476 e. The summed E-state index contributed by atoms with van der Waals surface area (Å²) in [5.74, 6) is -1.06. The fraction of sp³-hybridized carbons (Fsp3) is 0.200. The summed E-state index contributed by atoms with van der Waals surface area (Å²) in [6.07, 6.45) is -1.11. The number of amides is 1. The van der Waals surface area contributed by atoms with Crippen molar-refractivity contribution in [3.63, 3.8) is 0 Å². The number of hydrogen-bond donors (Lipinski definition) is 1. The Labute approximate surface area is 208 Å². The molecule has 1 N–H and O–H groups in total. The summed E-state index contributed by atoms with van der Waals surface area (Å²) in [5, 5.41) is 2.80. The standard InChI is InChI=1S/C25H23ClN2O6S/c1-2-33-25(30)19-13-12-18(14-20(19)26)27-24(29)23-15-28(21-10-6-7-11-22(21)34-23)35(31,32)16-17-8-4-3-5-9-17/h3-14,23H,2,15-16H2,1H3,(H,27,29)/t23-/m0/s1. The van der Waals surface area contributed by atoms with Crippen molar-refractivity contribution in [3.05, 3.63) is 88.9 Å². The molecule has 35 heavy (non-hydrogen) atoms. The number of carbonyl (C=O) groups excluding carboxylic acids is 2. The van der Waals surface area contributed by atoms with Gasteiger partial charge in [-0.25, -0.2) is 13.2 Å². The number of fused-ring (bicyclic) bond motifs is 1. The van der Waals surface area contributed by atoms with Crippen molar-refractivity contribution in [2.45, 2.75) is 18.8 Å². The molecule has 3 aromatic rings. The number of rotatable bonds is 7. The molecule has 1 aliphatic heterocycles. The third-order valence-electron chi connectivity index (χ3n) is 5.29. The van der Waals surface area contributed by atoms with Crippen LogP contribution >= 0.6 is 11.6 Å². The monoisotopic (exact) mass is 514 g/mol. The predicted octanol–water partition coefficient (Wildman–Crippen LogP) is 4.25. The van der Waals surface area contributed by atoms with E-state index in [0.717, 1.165) is 0 Å². The number of ether oxygens (including phenoxy) is 2. The van der Waals surface area contributed by atoms with E-state index in [9.17, 15) is 18.0 Å². The molecule has 1 amide bonds. The lowest BCUT2D eigenvalue weighted by Gasteiger charge is -2.34. The van der Waals surface area contributed by atoms with Gasteiger partial charge in [-0.3, -0.25) is 9.10 Å². The molecule has 1 aliphatic rings. The summed E-state index contributed by atoms with van der Waals surface area (Å²) in [6.45, 7) is 1.69. The van der Waals surface area contributed by atoms with Crippen molar-refractivity contribution >= 4 is 44.9 Å². The topological polar surface area (TPSA) is 102 Å². The van der Waals surface area contributed by atoms with Crippen LogP contribution in [0.3, 0.4) is 0 Å². The molecule has 0 unspecified atom stereocenters. The molecule has 0 spiro atoms.